The molecule has 0 aliphatic carbocycles. The minimum atomic E-state index is -1.29. The van der Waals surface area contributed by atoms with Crippen molar-refractivity contribution < 1.29 is 15.1 Å². The molecule has 0 aliphatic rings. The number of nitro groups is 1. The predicted octanol–water partition coefficient (Wildman–Crippen LogP) is 1.57. The van der Waals surface area contributed by atoms with Gasteiger partial charge in [-0.1, -0.05) is 11.6 Å². The third-order valence-corrected chi connectivity index (χ3v) is 2.78. The number of benzene rings is 1. The molecule has 5 nitrogen and oxygen atoms in total. The quantitative estimate of drug-likeness (QED) is 0.437. The normalized spacial score (nSPS) is 14.5. The van der Waals surface area contributed by atoms with E-state index in [2.05, 4.69) is 12.6 Å². The van der Waals surface area contributed by atoms with Crippen molar-refractivity contribution in [1.29, 1.82) is 0 Å². The first-order valence-electron chi connectivity index (χ1n) is 4.38. The molecule has 1 rings (SSSR count). The van der Waals surface area contributed by atoms with Crippen molar-refractivity contribution in [1.82, 2.24) is 0 Å². The highest BCUT2D eigenvalue weighted by Crippen LogP contribution is 2.29. The SMILES string of the molecule is O=[N+]([O-])c1ccc(Cl)c(C(O)C(O)CS)c1. The van der Waals surface area contributed by atoms with Gasteiger partial charge in [0.1, 0.15) is 6.10 Å². The Hall–Kier alpha value is -0.820. The fourth-order valence-corrected chi connectivity index (χ4v) is 1.61. The van der Waals surface area contributed by atoms with E-state index in [1.54, 1.807) is 0 Å². The van der Waals surface area contributed by atoms with Crippen LogP contribution in [0.4, 0.5) is 5.69 Å². The molecule has 16 heavy (non-hydrogen) atoms. The van der Waals surface area contributed by atoms with Crippen molar-refractivity contribution in [3.8, 4) is 0 Å². The van der Waals surface area contributed by atoms with Gasteiger partial charge in [-0.25, -0.2) is 0 Å². The number of nitrogens with zero attached hydrogens (tertiary/aromatic N) is 1. The number of nitro benzene ring substituents is 1. The number of hydrogen-bond acceptors (Lipinski definition) is 5. The molecule has 0 aromatic heterocycles. The summed E-state index contributed by atoms with van der Waals surface area (Å²) in [6.45, 7) is 0. The van der Waals surface area contributed by atoms with Crippen molar-refractivity contribution >= 4 is 29.9 Å². The summed E-state index contributed by atoms with van der Waals surface area (Å²) in [5, 5.41) is 29.7. The van der Waals surface area contributed by atoms with Crippen LogP contribution in [0.15, 0.2) is 18.2 Å². The van der Waals surface area contributed by atoms with E-state index in [-0.39, 0.29) is 22.0 Å². The molecule has 0 radical (unpaired) electrons. The van der Waals surface area contributed by atoms with Gasteiger partial charge in [-0.15, -0.1) is 0 Å². The zero-order chi connectivity index (χ0) is 12.3. The largest absolute Gasteiger partial charge is 0.389 e. The molecular formula is C9H10ClNO4S. The van der Waals surface area contributed by atoms with Crippen molar-refractivity contribution in [3.63, 3.8) is 0 Å². The van der Waals surface area contributed by atoms with Gasteiger partial charge in [0.05, 0.1) is 11.0 Å². The smallest absolute Gasteiger partial charge is 0.269 e. The second-order valence-electron chi connectivity index (χ2n) is 3.16. The molecule has 0 saturated carbocycles. The van der Waals surface area contributed by atoms with Crippen LogP contribution in [0.2, 0.25) is 5.02 Å². The number of rotatable bonds is 4. The standard InChI is InChI=1S/C9H10ClNO4S/c10-7-2-1-5(11(14)15)3-6(7)9(13)8(12)4-16/h1-3,8-9,12-13,16H,4H2. The summed E-state index contributed by atoms with van der Waals surface area (Å²) in [6, 6.07) is 3.68. The molecule has 0 fully saturated rings. The van der Waals surface area contributed by atoms with Crippen LogP contribution in [0.25, 0.3) is 0 Å². The first-order chi connectivity index (χ1) is 7.47. The van der Waals surface area contributed by atoms with E-state index in [1.807, 2.05) is 0 Å². The highest BCUT2D eigenvalue weighted by atomic mass is 35.5. The predicted molar refractivity (Wildman–Crippen MR) is 62.9 cm³/mol. The van der Waals surface area contributed by atoms with Gasteiger partial charge in [-0.2, -0.15) is 12.6 Å². The summed E-state index contributed by atoms with van der Waals surface area (Å²) in [4.78, 5) is 9.93. The number of aliphatic hydroxyl groups excluding tert-OH is 2. The van der Waals surface area contributed by atoms with Gasteiger partial charge >= 0.3 is 0 Å². The molecule has 2 N–H and O–H groups in total. The first kappa shape index (κ1) is 13.2. The molecule has 2 atom stereocenters. The summed E-state index contributed by atoms with van der Waals surface area (Å²) < 4.78 is 0. The minimum absolute atomic E-state index is 0.0280. The van der Waals surface area contributed by atoms with Crippen LogP contribution in [0, 0.1) is 10.1 Å². The van der Waals surface area contributed by atoms with Gasteiger partial charge in [0.25, 0.3) is 5.69 Å². The van der Waals surface area contributed by atoms with Crippen LogP contribution in [-0.4, -0.2) is 27.0 Å². The van der Waals surface area contributed by atoms with E-state index in [0.29, 0.717) is 0 Å². The Morgan fingerprint density at radius 1 is 1.50 bits per heavy atom. The maximum atomic E-state index is 10.5. The minimum Gasteiger partial charge on any atom is -0.389 e. The van der Waals surface area contributed by atoms with Crippen molar-refractivity contribution in [3.05, 3.63) is 38.9 Å². The number of halogens is 1. The Morgan fingerprint density at radius 3 is 2.62 bits per heavy atom. The molecule has 88 valence electrons. The lowest BCUT2D eigenvalue weighted by Crippen LogP contribution is -2.20. The third-order valence-electron chi connectivity index (χ3n) is 2.06. The molecule has 0 saturated heterocycles. The highest BCUT2D eigenvalue weighted by molar-refractivity contribution is 7.80. The van der Waals surface area contributed by atoms with Gasteiger partial charge in [-0.05, 0) is 6.07 Å². The van der Waals surface area contributed by atoms with Crippen LogP contribution in [0.5, 0.6) is 0 Å². The zero-order valence-corrected chi connectivity index (χ0v) is 9.73. The van der Waals surface area contributed by atoms with E-state index in [4.69, 9.17) is 11.6 Å². The van der Waals surface area contributed by atoms with Gasteiger partial charge in [0.15, 0.2) is 0 Å². The monoisotopic (exact) mass is 263 g/mol. The Kier molecular flexibility index (Phi) is 4.55. The second-order valence-corrected chi connectivity index (χ2v) is 3.93. The maximum absolute atomic E-state index is 10.5. The van der Waals surface area contributed by atoms with Crippen LogP contribution < -0.4 is 0 Å². The maximum Gasteiger partial charge on any atom is 0.269 e. The van der Waals surface area contributed by atoms with E-state index >= 15 is 0 Å². The second kappa shape index (κ2) is 5.49. The average Bonchev–Trinajstić information content (AvgIpc) is 2.27. The topological polar surface area (TPSA) is 83.6 Å². The number of thiol groups is 1. The Labute approximate surface area is 102 Å². The van der Waals surface area contributed by atoms with E-state index in [1.165, 1.54) is 12.1 Å². The van der Waals surface area contributed by atoms with Crippen LogP contribution >= 0.6 is 24.2 Å². The molecule has 0 amide bonds. The summed E-state index contributed by atoms with van der Waals surface area (Å²) in [5.74, 6) is 0.0280. The Morgan fingerprint density at radius 2 is 2.12 bits per heavy atom. The van der Waals surface area contributed by atoms with Crippen LogP contribution in [-0.2, 0) is 0 Å². The van der Waals surface area contributed by atoms with Crippen molar-refractivity contribution in [2.24, 2.45) is 0 Å². The molecule has 0 bridgehead atoms. The van der Waals surface area contributed by atoms with Gasteiger partial charge < -0.3 is 10.2 Å². The van der Waals surface area contributed by atoms with Crippen LogP contribution in [0.1, 0.15) is 11.7 Å². The van der Waals surface area contributed by atoms with Gasteiger partial charge in [-0.3, -0.25) is 10.1 Å². The van der Waals surface area contributed by atoms with E-state index in [0.717, 1.165) is 6.07 Å². The van der Waals surface area contributed by atoms with E-state index < -0.39 is 17.1 Å². The van der Waals surface area contributed by atoms with Crippen molar-refractivity contribution in [2.45, 2.75) is 12.2 Å². The Bertz CT molecular complexity index is 401. The molecule has 0 aliphatic heterocycles. The number of hydrogen-bond donors (Lipinski definition) is 3. The van der Waals surface area contributed by atoms with Crippen molar-refractivity contribution in [2.75, 3.05) is 5.75 Å². The average molecular weight is 264 g/mol. The third kappa shape index (κ3) is 2.85. The molecule has 0 spiro atoms. The molecule has 1 aromatic carbocycles. The zero-order valence-electron chi connectivity index (χ0n) is 8.08. The van der Waals surface area contributed by atoms with Gasteiger partial charge in [0.2, 0.25) is 0 Å². The lowest BCUT2D eigenvalue weighted by molar-refractivity contribution is -0.385. The lowest BCUT2D eigenvalue weighted by Gasteiger charge is -2.16. The fraction of sp³-hybridized carbons (Fsp3) is 0.333. The summed E-state index contributed by atoms with van der Waals surface area (Å²) in [6.07, 6.45) is -2.41. The van der Waals surface area contributed by atoms with E-state index in [9.17, 15) is 20.3 Å². The molecule has 0 heterocycles. The summed E-state index contributed by atoms with van der Waals surface area (Å²) in [7, 11) is 0. The molecule has 7 heteroatoms. The van der Waals surface area contributed by atoms with Gasteiger partial charge in [0, 0.05) is 28.5 Å². The molecule has 2 unspecified atom stereocenters. The highest BCUT2D eigenvalue weighted by Gasteiger charge is 2.22. The lowest BCUT2D eigenvalue weighted by atomic mass is 10.0. The number of aliphatic hydroxyl groups is 2. The number of non-ortho nitro benzene ring substituents is 1. The van der Waals surface area contributed by atoms with Crippen LogP contribution in [0.3, 0.4) is 0 Å². The summed E-state index contributed by atoms with van der Waals surface area (Å²) >= 11 is 9.60. The Balaban J connectivity index is 3.11. The first-order valence-corrected chi connectivity index (χ1v) is 5.39. The molecular weight excluding hydrogens is 254 g/mol. The molecule has 1 aromatic rings. The fourth-order valence-electron chi connectivity index (χ4n) is 1.18. The summed E-state index contributed by atoms with van der Waals surface area (Å²) in [5.41, 5.74) is -0.0674.